The van der Waals surface area contributed by atoms with Crippen LogP contribution in [0.4, 0.5) is 11.4 Å². The van der Waals surface area contributed by atoms with Crippen LogP contribution in [0.2, 0.25) is 0 Å². The number of halogens is 1. The smallest absolute Gasteiger partial charge is 0.226 e. The molecular formula is C21H23BrN2O4S. The summed E-state index contributed by atoms with van der Waals surface area (Å²) in [7, 11) is -3.60. The molecule has 8 heteroatoms. The van der Waals surface area contributed by atoms with Crippen LogP contribution in [0.5, 0.6) is 0 Å². The van der Waals surface area contributed by atoms with Crippen molar-refractivity contribution >= 4 is 49.0 Å². The van der Waals surface area contributed by atoms with E-state index in [-0.39, 0.29) is 28.9 Å². The zero-order valence-corrected chi connectivity index (χ0v) is 18.6. The minimum atomic E-state index is -3.60. The molecule has 1 aliphatic rings. The molecule has 0 fully saturated rings. The molecular weight excluding hydrogens is 456 g/mol. The summed E-state index contributed by atoms with van der Waals surface area (Å²) in [6.07, 6.45) is 1.82. The van der Waals surface area contributed by atoms with Crippen molar-refractivity contribution in [3.63, 3.8) is 0 Å². The lowest BCUT2D eigenvalue weighted by Crippen LogP contribution is -2.35. The molecule has 2 aromatic carbocycles. The third-order valence-corrected chi connectivity index (χ3v) is 7.10. The molecule has 2 amide bonds. The van der Waals surface area contributed by atoms with E-state index in [1.54, 1.807) is 41.3 Å². The number of anilines is 2. The topological polar surface area (TPSA) is 83.6 Å². The van der Waals surface area contributed by atoms with Crippen LogP contribution < -0.4 is 10.2 Å². The van der Waals surface area contributed by atoms with Crippen LogP contribution >= 0.6 is 15.9 Å². The Bertz CT molecular complexity index is 1020. The summed E-state index contributed by atoms with van der Waals surface area (Å²) in [5.41, 5.74) is 2.26. The van der Waals surface area contributed by atoms with Gasteiger partial charge in [0.25, 0.3) is 0 Å². The molecule has 1 N–H and O–H groups in total. The van der Waals surface area contributed by atoms with Crippen LogP contribution in [-0.4, -0.2) is 32.5 Å². The van der Waals surface area contributed by atoms with Gasteiger partial charge in [0, 0.05) is 35.2 Å². The van der Waals surface area contributed by atoms with E-state index in [1.165, 1.54) is 6.07 Å². The maximum atomic E-state index is 12.7. The molecule has 0 saturated heterocycles. The minimum Gasteiger partial charge on any atom is -0.326 e. The fourth-order valence-corrected chi connectivity index (χ4v) is 4.87. The molecule has 0 radical (unpaired) electrons. The molecule has 2 aromatic rings. The zero-order chi connectivity index (χ0) is 21.0. The number of carbonyl (C=O) groups is 2. The lowest BCUT2D eigenvalue weighted by Gasteiger charge is -2.29. The standard InChI is InChI=1S/C21H23BrN2O4S/c1-2-21(26)24-12-3-4-15-14-18(9-10-19(15)24)29(27,28)13-11-20(25)23-17-7-5-16(22)6-8-17/h5-10,14H,2-4,11-13H2,1H3,(H,23,25). The third-order valence-electron chi connectivity index (χ3n) is 4.86. The molecule has 1 heterocycles. The predicted molar refractivity (Wildman–Crippen MR) is 117 cm³/mol. The molecule has 0 bridgehead atoms. The van der Waals surface area contributed by atoms with Crippen molar-refractivity contribution in [2.24, 2.45) is 0 Å². The van der Waals surface area contributed by atoms with Crippen LogP contribution in [0, 0.1) is 0 Å². The largest absolute Gasteiger partial charge is 0.326 e. The Morgan fingerprint density at radius 1 is 1.14 bits per heavy atom. The quantitative estimate of drug-likeness (QED) is 0.681. The summed E-state index contributed by atoms with van der Waals surface area (Å²) in [6.45, 7) is 2.47. The van der Waals surface area contributed by atoms with Crippen LogP contribution in [-0.2, 0) is 25.8 Å². The van der Waals surface area contributed by atoms with Gasteiger partial charge in [-0.15, -0.1) is 0 Å². The van der Waals surface area contributed by atoms with Crippen molar-refractivity contribution in [1.82, 2.24) is 0 Å². The summed E-state index contributed by atoms with van der Waals surface area (Å²) < 4.78 is 26.3. The monoisotopic (exact) mass is 478 g/mol. The molecule has 0 saturated carbocycles. The first-order chi connectivity index (χ1) is 13.8. The minimum absolute atomic E-state index is 0.0335. The van der Waals surface area contributed by atoms with Gasteiger partial charge in [0.15, 0.2) is 9.84 Å². The fourth-order valence-electron chi connectivity index (χ4n) is 3.32. The average molecular weight is 479 g/mol. The number of sulfone groups is 1. The highest BCUT2D eigenvalue weighted by Gasteiger charge is 2.24. The van der Waals surface area contributed by atoms with E-state index in [4.69, 9.17) is 0 Å². The van der Waals surface area contributed by atoms with Gasteiger partial charge in [-0.2, -0.15) is 0 Å². The van der Waals surface area contributed by atoms with Gasteiger partial charge >= 0.3 is 0 Å². The number of hydrogen-bond donors (Lipinski definition) is 1. The lowest BCUT2D eigenvalue weighted by molar-refractivity contribution is -0.118. The van der Waals surface area contributed by atoms with E-state index in [9.17, 15) is 18.0 Å². The zero-order valence-electron chi connectivity index (χ0n) is 16.2. The number of hydrogen-bond acceptors (Lipinski definition) is 4. The molecule has 0 aromatic heterocycles. The van der Waals surface area contributed by atoms with Crippen molar-refractivity contribution in [3.8, 4) is 0 Å². The molecule has 1 aliphatic heterocycles. The Morgan fingerprint density at radius 2 is 1.86 bits per heavy atom. The summed E-state index contributed by atoms with van der Waals surface area (Å²) in [4.78, 5) is 26.2. The van der Waals surface area contributed by atoms with Crippen molar-refractivity contribution in [2.75, 3.05) is 22.5 Å². The van der Waals surface area contributed by atoms with Gasteiger partial charge in [-0.25, -0.2) is 8.42 Å². The first-order valence-corrected chi connectivity index (χ1v) is 12.0. The van der Waals surface area contributed by atoms with Gasteiger partial charge in [0.1, 0.15) is 0 Å². The van der Waals surface area contributed by atoms with E-state index >= 15 is 0 Å². The molecule has 154 valence electrons. The van der Waals surface area contributed by atoms with Crippen molar-refractivity contribution < 1.29 is 18.0 Å². The second-order valence-corrected chi connectivity index (χ2v) is 9.94. The first-order valence-electron chi connectivity index (χ1n) is 9.51. The second-order valence-electron chi connectivity index (χ2n) is 6.92. The first kappa shape index (κ1) is 21.5. The molecule has 0 spiro atoms. The van der Waals surface area contributed by atoms with Gasteiger partial charge in [0.2, 0.25) is 11.8 Å². The van der Waals surface area contributed by atoms with E-state index in [2.05, 4.69) is 21.2 Å². The van der Waals surface area contributed by atoms with E-state index in [1.807, 2.05) is 6.92 Å². The summed E-state index contributed by atoms with van der Waals surface area (Å²) in [5.74, 6) is -0.592. The van der Waals surface area contributed by atoms with E-state index in [0.717, 1.165) is 28.6 Å². The average Bonchev–Trinajstić information content (AvgIpc) is 2.72. The predicted octanol–water partition coefficient (Wildman–Crippen LogP) is 3.94. The highest BCUT2D eigenvalue weighted by Crippen LogP contribution is 2.30. The maximum Gasteiger partial charge on any atom is 0.226 e. The third kappa shape index (κ3) is 5.25. The number of nitrogens with zero attached hydrogens (tertiary/aromatic N) is 1. The Kier molecular flexibility index (Phi) is 6.74. The number of benzene rings is 2. The number of rotatable bonds is 6. The van der Waals surface area contributed by atoms with Crippen LogP contribution in [0.1, 0.15) is 31.7 Å². The van der Waals surface area contributed by atoms with Crippen molar-refractivity contribution in [1.29, 1.82) is 0 Å². The Labute approximate surface area is 179 Å². The SMILES string of the molecule is CCC(=O)N1CCCc2cc(S(=O)(=O)CCC(=O)Nc3ccc(Br)cc3)ccc21. The van der Waals surface area contributed by atoms with Gasteiger partial charge in [-0.1, -0.05) is 22.9 Å². The fraction of sp³-hybridized carbons (Fsp3) is 0.333. The number of nitrogens with one attached hydrogen (secondary N) is 1. The van der Waals surface area contributed by atoms with Gasteiger partial charge in [-0.3, -0.25) is 9.59 Å². The second kappa shape index (κ2) is 9.09. The van der Waals surface area contributed by atoms with Crippen LogP contribution in [0.15, 0.2) is 51.8 Å². The molecule has 29 heavy (non-hydrogen) atoms. The summed E-state index contributed by atoms with van der Waals surface area (Å²) in [6, 6.07) is 12.0. The van der Waals surface area contributed by atoms with Crippen LogP contribution in [0.3, 0.4) is 0 Å². The molecule has 0 unspecified atom stereocenters. The van der Waals surface area contributed by atoms with Gasteiger partial charge < -0.3 is 10.2 Å². The summed E-state index contributed by atoms with van der Waals surface area (Å²) >= 11 is 3.32. The van der Waals surface area contributed by atoms with E-state index in [0.29, 0.717) is 18.7 Å². The number of aryl methyl sites for hydroxylation is 1. The van der Waals surface area contributed by atoms with Gasteiger partial charge in [0.05, 0.1) is 10.6 Å². The number of amides is 2. The van der Waals surface area contributed by atoms with E-state index < -0.39 is 9.84 Å². The number of carbonyl (C=O) groups excluding carboxylic acids is 2. The Hall–Kier alpha value is -2.19. The summed E-state index contributed by atoms with van der Waals surface area (Å²) in [5, 5.41) is 2.70. The van der Waals surface area contributed by atoms with Crippen molar-refractivity contribution in [3.05, 3.63) is 52.5 Å². The highest BCUT2D eigenvalue weighted by atomic mass is 79.9. The molecule has 3 rings (SSSR count). The highest BCUT2D eigenvalue weighted by molar-refractivity contribution is 9.10. The molecule has 0 aliphatic carbocycles. The molecule has 0 atom stereocenters. The Balaban J connectivity index is 1.68. The number of fused-ring (bicyclic) bond motifs is 1. The Morgan fingerprint density at radius 3 is 2.55 bits per heavy atom. The van der Waals surface area contributed by atoms with Gasteiger partial charge in [-0.05, 0) is 60.9 Å². The maximum absolute atomic E-state index is 12.7. The van der Waals surface area contributed by atoms with Crippen molar-refractivity contribution in [2.45, 2.75) is 37.5 Å². The van der Waals surface area contributed by atoms with Crippen LogP contribution in [0.25, 0.3) is 0 Å². The normalized spacial score (nSPS) is 13.7. The molecule has 6 nitrogen and oxygen atoms in total. The lowest BCUT2D eigenvalue weighted by atomic mass is 10.0.